The van der Waals surface area contributed by atoms with Crippen molar-refractivity contribution in [3.05, 3.63) is 87.3 Å². The first-order valence-electron chi connectivity index (χ1n) is 10.1. The van der Waals surface area contributed by atoms with Crippen molar-refractivity contribution in [2.75, 3.05) is 16.2 Å². The number of amides is 1. The highest BCUT2D eigenvalue weighted by Crippen LogP contribution is 2.33. The normalized spacial score (nSPS) is 11.5. The summed E-state index contributed by atoms with van der Waals surface area (Å²) in [6, 6.07) is 17.1. The third-order valence-corrected chi connectivity index (χ3v) is 7.68. The van der Waals surface area contributed by atoms with Crippen LogP contribution in [-0.2, 0) is 28.9 Å². The van der Waals surface area contributed by atoms with Crippen molar-refractivity contribution in [3.63, 3.8) is 0 Å². The quantitative estimate of drug-likeness (QED) is 0.417. The highest BCUT2D eigenvalue weighted by Gasteiger charge is 2.29. The zero-order valence-electron chi connectivity index (χ0n) is 18.2. The fourth-order valence-corrected chi connectivity index (χ4v) is 5.50. The van der Waals surface area contributed by atoms with Crippen LogP contribution in [0.1, 0.15) is 0 Å². The van der Waals surface area contributed by atoms with E-state index in [1.807, 2.05) is 0 Å². The summed E-state index contributed by atoms with van der Waals surface area (Å²) < 4.78 is 30.8. The highest BCUT2D eigenvalue weighted by atomic mass is 35.5. The molecule has 0 aliphatic rings. The van der Waals surface area contributed by atoms with Crippen LogP contribution in [0.2, 0.25) is 10.0 Å². The molecule has 1 heterocycles. The second-order valence-electron chi connectivity index (χ2n) is 7.57. The van der Waals surface area contributed by atoms with Gasteiger partial charge in [-0.1, -0.05) is 41.4 Å². The molecule has 3 aromatic carbocycles. The van der Waals surface area contributed by atoms with Gasteiger partial charge in [0.25, 0.3) is 10.0 Å². The Labute approximate surface area is 206 Å². The number of halogens is 2. The molecule has 0 aliphatic carbocycles. The van der Waals surface area contributed by atoms with Gasteiger partial charge in [0.15, 0.2) is 0 Å². The number of benzene rings is 3. The van der Waals surface area contributed by atoms with Crippen molar-refractivity contribution in [2.45, 2.75) is 4.90 Å². The van der Waals surface area contributed by atoms with Crippen molar-refractivity contribution in [2.24, 2.45) is 14.1 Å². The topological polar surface area (TPSA) is 93.4 Å². The van der Waals surface area contributed by atoms with Crippen LogP contribution in [0.25, 0.3) is 11.0 Å². The molecular formula is C23H20Cl2N4O4S. The summed E-state index contributed by atoms with van der Waals surface area (Å²) in [5.41, 5.74) is 1.61. The Kier molecular flexibility index (Phi) is 6.44. The molecule has 0 unspecified atom stereocenters. The summed E-state index contributed by atoms with van der Waals surface area (Å²) in [7, 11) is -0.857. The lowest BCUT2D eigenvalue weighted by molar-refractivity contribution is -0.114. The number of nitrogens with zero attached hydrogens (tertiary/aromatic N) is 3. The zero-order chi connectivity index (χ0) is 24.6. The van der Waals surface area contributed by atoms with E-state index in [2.05, 4.69) is 5.32 Å². The first-order valence-corrected chi connectivity index (χ1v) is 12.3. The second kappa shape index (κ2) is 9.17. The molecule has 11 heteroatoms. The summed E-state index contributed by atoms with van der Waals surface area (Å²) in [6.45, 7) is -0.553. The van der Waals surface area contributed by atoms with Gasteiger partial charge >= 0.3 is 5.69 Å². The van der Waals surface area contributed by atoms with Gasteiger partial charge in [-0.15, -0.1) is 0 Å². The molecule has 0 saturated heterocycles. The molecule has 1 N–H and O–H groups in total. The molecule has 0 aliphatic heterocycles. The Hall–Kier alpha value is -3.27. The molecule has 0 fully saturated rings. The number of hydrogen-bond acceptors (Lipinski definition) is 4. The molecule has 4 aromatic rings. The number of hydrogen-bond donors (Lipinski definition) is 1. The summed E-state index contributed by atoms with van der Waals surface area (Å²) in [4.78, 5) is 25.2. The van der Waals surface area contributed by atoms with Gasteiger partial charge in [-0.3, -0.25) is 18.2 Å². The Morgan fingerprint density at radius 1 is 0.941 bits per heavy atom. The number of aryl methyl sites for hydroxylation is 2. The molecule has 4 rings (SSSR count). The maximum absolute atomic E-state index is 13.4. The lowest BCUT2D eigenvalue weighted by Gasteiger charge is -2.25. The third-order valence-electron chi connectivity index (χ3n) is 5.35. The van der Waals surface area contributed by atoms with Crippen LogP contribution in [-0.4, -0.2) is 30.0 Å². The van der Waals surface area contributed by atoms with Gasteiger partial charge in [0, 0.05) is 24.8 Å². The predicted octanol–water partition coefficient (Wildman–Crippen LogP) is 4.02. The minimum atomic E-state index is -4.14. The number of rotatable bonds is 6. The number of carbonyl (C=O) groups is 1. The maximum Gasteiger partial charge on any atom is 0.328 e. The van der Waals surface area contributed by atoms with E-state index < -0.39 is 22.5 Å². The molecule has 0 bridgehead atoms. The van der Waals surface area contributed by atoms with Crippen LogP contribution in [0.3, 0.4) is 0 Å². The first kappa shape index (κ1) is 23.9. The average Bonchev–Trinajstić information content (AvgIpc) is 3.03. The second-order valence-corrected chi connectivity index (χ2v) is 10.3. The molecule has 0 spiro atoms. The summed E-state index contributed by atoms with van der Waals surface area (Å²) >= 11 is 12.4. The van der Waals surface area contributed by atoms with Crippen molar-refractivity contribution in [1.29, 1.82) is 0 Å². The maximum atomic E-state index is 13.4. The molecule has 34 heavy (non-hydrogen) atoms. The summed E-state index contributed by atoms with van der Waals surface area (Å²) in [6.07, 6.45) is 0. The van der Waals surface area contributed by atoms with Crippen LogP contribution in [0, 0.1) is 0 Å². The van der Waals surface area contributed by atoms with Crippen molar-refractivity contribution >= 4 is 61.5 Å². The number of fused-ring (bicyclic) bond motifs is 1. The van der Waals surface area contributed by atoms with E-state index in [1.54, 1.807) is 50.5 Å². The van der Waals surface area contributed by atoms with E-state index in [9.17, 15) is 18.0 Å². The molecule has 1 aromatic heterocycles. The summed E-state index contributed by atoms with van der Waals surface area (Å²) in [5, 5.41) is 3.09. The van der Waals surface area contributed by atoms with Crippen molar-refractivity contribution in [1.82, 2.24) is 9.13 Å². The SMILES string of the molecule is Cn1c(=O)n(C)c2cc(NC(=O)CN(c3cc(Cl)ccc3Cl)S(=O)(=O)c3ccccc3)ccc21. The monoisotopic (exact) mass is 518 g/mol. The van der Waals surface area contributed by atoms with E-state index in [4.69, 9.17) is 23.2 Å². The fraction of sp³-hybridized carbons (Fsp3) is 0.130. The predicted molar refractivity (Wildman–Crippen MR) is 134 cm³/mol. The molecule has 0 radical (unpaired) electrons. The van der Waals surface area contributed by atoms with E-state index in [0.29, 0.717) is 16.7 Å². The van der Waals surface area contributed by atoms with Gasteiger partial charge in [0.05, 0.1) is 26.6 Å². The molecule has 176 valence electrons. The van der Waals surface area contributed by atoms with E-state index in [0.717, 1.165) is 4.31 Å². The third kappa shape index (κ3) is 4.42. The molecule has 0 atom stereocenters. The van der Waals surface area contributed by atoms with E-state index >= 15 is 0 Å². The van der Waals surface area contributed by atoms with Gasteiger partial charge < -0.3 is 5.32 Å². The smallest absolute Gasteiger partial charge is 0.324 e. The van der Waals surface area contributed by atoms with Crippen LogP contribution in [0.4, 0.5) is 11.4 Å². The number of imidazole rings is 1. The van der Waals surface area contributed by atoms with Gasteiger partial charge in [-0.05, 0) is 48.5 Å². The molecular weight excluding hydrogens is 499 g/mol. The minimum absolute atomic E-state index is 0.000419. The average molecular weight is 519 g/mol. The Morgan fingerprint density at radius 2 is 1.62 bits per heavy atom. The molecule has 1 amide bonds. The largest absolute Gasteiger partial charge is 0.328 e. The Balaban J connectivity index is 1.70. The zero-order valence-corrected chi connectivity index (χ0v) is 20.5. The highest BCUT2D eigenvalue weighted by molar-refractivity contribution is 7.92. The Morgan fingerprint density at radius 3 is 2.32 bits per heavy atom. The number of carbonyl (C=O) groups excluding carboxylic acids is 1. The van der Waals surface area contributed by atoms with E-state index in [1.165, 1.54) is 39.5 Å². The van der Waals surface area contributed by atoms with Crippen LogP contribution >= 0.6 is 23.2 Å². The van der Waals surface area contributed by atoms with Crippen LogP contribution < -0.4 is 15.3 Å². The lowest BCUT2D eigenvalue weighted by atomic mass is 10.2. The van der Waals surface area contributed by atoms with Crippen LogP contribution in [0.15, 0.2) is 76.4 Å². The summed E-state index contributed by atoms with van der Waals surface area (Å²) in [5.74, 6) is -0.601. The standard InChI is InChI=1S/C23H20Cl2N4O4S/c1-27-19-11-9-16(13-21(19)28(2)23(27)31)26-22(30)14-29(20-12-15(24)8-10-18(20)25)34(32,33)17-6-4-3-5-7-17/h3-13H,14H2,1-2H3,(H,26,30). The van der Waals surface area contributed by atoms with Crippen molar-refractivity contribution in [3.8, 4) is 0 Å². The van der Waals surface area contributed by atoms with Gasteiger partial charge in [0.2, 0.25) is 5.91 Å². The molecule has 8 nitrogen and oxygen atoms in total. The van der Waals surface area contributed by atoms with E-state index in [-0.39, 0.29) is 26.3 Å². The van der Waals surface area contributed by atoms with Crippen molar-refractivity contribution < 1.29 is 13.2 Å². The minimum Gasteiger partial charge on any atom is -0.324 e. The molecule has 0 saturated carbocycles. The first-order chi connectivity index (χ1) is 16.1. The Bertz CT molecular complexity index is 1560. The number of aromatic nitrogens is 2. The number of sulfonamides is 1. The van der Waals surface area contributed by atoms with Gasteiger partial charge in [0.1, 0.15) is 6.54 Å². The lowest BCUT2D eigenvalue weighted by Crippen LogP contribution is -2.38. The number of anilines is 2. The van der Waals surface area contributed by atoms with Crippen LogP contribution in [0.5, 0.6) is 0 Å². The fourth-order valence-electron chi connectivity index (χ4n) is 3.61. The number of nitrogens with one attached hydrogen (secondary N) is 1. The van der Waals surface area contributed by atoms with Gasteiger partial charge in [-0.2, -0.15) is 0 Å². The van der Waals surface area contributed by atoms with Gasteiger partial charge in [-0.25, -0.2) is 13.2 Å².